The van der Waals surface area contributed by atoms with Crippen molar-refractivity contribution in [2.75, 3.05) is 5.88 Å². The van der Waals surface area contributed by atoms with E-state index in [0.29, 0.717) is 12.3 Å². The Kier molecular flexibility index (Phi) is 7.95. The monoisotopic (exact) mass is 353 g/mol. The molecule has 0 radical (unpaired) electrons. The summed E-state index contributed by atoms with van der Waals surface area (Å²) < 4.78 is 21.4. The first-order chi connectivity index (χ1) is 10.8. The Hall–Kier alpha value is -1.69. The van der Waals surface area contributed by atoms with Crippen molar-refractivity contribution in [3.8, 4) is 0 Å². The summed E-state index contributed by atoms with van der Waals surface area (Å²) in [5, 5.41) is 4.88. The summed E-state index contributed by atoms with van der Waals surface area (Å²) in [6.45, 7) is 1.88. The van der Waals surface area contributed by atoms with Crippen LogP contribution in [0.15, 0.2) is 59.5 Å². The molecule has 124 valence electrons. The molecule has 0 atom stereocenters. The van der Waals surface area contributed by atoms with Crippen LogP contribution in [0.4, 0.5) is 0 Å². The van der Waals surface area contributed by atoms with Crippen LogP contribution in [0.5, 0.6) is 0 Å². The first-order valence-electron chi connectivity index (χ1n) is 7.08. The van der Waals surface area contributed by atoms with Gasteiger partial charge in [-0.15, -0.1) is 11.6 Å². The molecule has 2 rings (SSSR count). The van der Waals surface area contributed by atoms with Gasteiger partial charge in [-0.3, -0.25) is 4.79 Å². The van der Waals surface area contributed by atoms with Crippen LogP contribution in [-0.2, 0) is 10.0 Å². The number of alkyl halides is 1. The van der Waals surface area contributed by atoms with Crippen LogP contribution in [0, 0.1) is 6.92 Å². The van der Waals surface area contributed by atoms with Crippen molar-refractivity contribution in [3.05, 3.63) is 65.7 Å². The van der Waals surface area contributed by atoms with Crippen molar-refractivity contribution in [2.45, 2.75) is 24.7 Å². The molecule has 0 aliphatic carbocycles. The lowest BCUT2D eigenvalue weighted by atomic mass is 10.1. The number of hydrogen-bond donors (Lipinski definition) is 1. The Labute approximate surface area is 142 Å². The van der Waals surface area contributed by atoms with Crippen LogP contribution in [0.2, 0.25) is 0 Å². The van der Waals surface area contributed by atoms with Gasteiger partial charge >= 0.3 is 0 Å². The number of carbonyl (C=O) groups is 1. The number of halogens is 1. The Morgan fingerprint density at radius 2 is 1.61 bits per heavy atom. The number of nitrogens with two attached hydrogens (primary N) is 1. The van der Waals surface area contributed by atoms with Crippen LogP contribution in [-0.4, -0.2) is 20.1 Å². The van der Waals surface area contributed by atoms with Crippen molar-refractivity contribution in [2.24, 2.45) is 5.14 Å². The average Bonchev–Trinajstić information content (AvgIpc) is 2.53. The van der Waals surface area contributed by atoms with E-state index < -0.39 is 10.0 Å². The summed E-state index contributed by atoms with van der Waals surface area (Å²) in [6.07, 6.45) is 1.31. The van der Waals surface area contributed by atoms with E-state index in [-0.39, 0.29) is 10.7 Å². The highest BCUT2D eigenvalue weighted by atomic mass is 35.5. The Morgan fingerprint density at radius 3 is 2.09 bits per heavy atom. The molecule has 0 aliphatic rings. The summed E-state index contributed by atoms with van der Waals surface area (Å²) >= 11 is 5.48. The van der Waals surface area contributed by atoms with Crippen LogP contribution < -0.4 is 5.14 Å². The summed E-state index contributed by atoms with van der Waals surface area (Å²) in [6, 6.07) is 15.7. The molecule has 2 N–H and O–H groups in total. The number of aryl methyl sites for hydroxylation is 1. The second kappa shape index (κ2) is 9.45. The van der Waals surface area contributed by atoms with Crippen molar-refractivity contribution < 1.29 is 13.2 Å². The predicted octanol–water partition coefficient (Wildman–Crippen LogP) is 3.53. The molecule has 6 heteroatoms. The van der Waals surface area contributed by atoms with Gasteiger partial charge in [-0.1, -0.05) is 48.0 Å². The lowest BCUT2D eigenvalue weighted by Gasteiger charge is -1.97. The molecule has 0 aromatic heterocycles. The first kappa shape index (κ1) is 19.4. The zero-order valence-electron chi connectivity index (χ0n) is 12.9. The average molecular weight is 354 g/mol. The van der Waals surface area contributed by atoms with Gasteiger partial charge in [-0.05, 0) is 25.5 Å². The van der Waals surface area contributed by atoms with E-state index in [2.05, 4.69) is 0 Å². The third kappa shape index (κ3) is 7.41. The van der Waals surface area contributed by atoms with Gasteiger partial charge < -0.3 is 0 Å². The molecule has 4 nitrogen and oxygen atoms in total. The predicted molar refractivity (Wildman–Crippen MR) is 93.3 cm³/mol. The van der Waals surface area contributed by atoms with Gasteiger partial charge in [0.1, 0.15) is 0 Å². The number of hydrogen-bond acceptors (Lipinski definition) is 3. The number of sulfonamides is 1. The van der Waals surface area contributed by atoms with Crippen LogP contribution >= 0.6 is 11.6 Å². The summed E-state index contributed by atoms with van der Waals surface area (Å²) in [7, 11) is -3.52. The number of ketones is 1. The zero-order valence-corrected chi connectivity index (χ0v) is 14.5. The summed E-state index contributed by atoms with van der Waals surface area (Å²) in [4.78, 5) is 11.5. The van der Waals surface area contributed by atoms with E-state index in [1.165, 1.54) is 12.1 Å². The molecule has 2 aromatic rings. The molecular formula is C17H20ClNO3S. The highest BCUT2D eigenvalue weighted by molar-refractivity contribution is 7.89. The molecule has 0 bridgehead atoms. The van der Waals surface area contributed by atoms with Gasteiger partial charge in [0.15, 0.2) is 5.78 Å². The van der Waals surface area contributed by atoms with Crippen molar-refractivity contribution in [1.82, 2.24) is 0 Å². The van der Waals surface area contributed by atoms with E-state index in [9.17, 15) is 13.2 Å². The number of rotatable bonds is 5. The van der Waals surface area contributed by atoms with Crippen molar-refractivity contribution in [3.63, 3.8) is 0 Å². The molecule has 0 spiro atoms. The minimum atomic E-state index is -3.52. The molecule has 0 fully saturated rings. The van der Waals surface area contributed by atoms with E-state index in [4.69, 9.17) is 16.7 Å². The molecule has 0 saturated carbocycles. The van der Waals surface area contributed by atoms with E-state index in [1.807, 2.05) is 37.3 Å². The number of Topliss-reactive ketones (excluding diaryl/α,β-unsaturated/α-hetero) is 1. The second-order valence-electron chi connectivity index (χ2n) is 4.94. The van der Waals surface area contributed by atoms with Crippen LogP contribution in [0.3, 0.4) is 0 Å². The lowest BCUT2D eigenvalue weighted by Crippen LogP contribution is -2.11. The van der Waals surface area contributed by atoms with E-state index >= 15 is 0 Å². The van der Waals surface area contributed by atoms with Gasteiger partial charge in [-0.2, -0.15) is 0 Å². The van der Waals surface area contributed by atoms with Crippen LogP contribution in [0.25, 0.3) is 0 Å². The largest absolute Gasteiger partial charge is 0.294 e. The minimum Gasteiger partial charge on any atom is -0.294 e. The van der Waals surface area contributed by atoms with E-state index in [1.54, 1.807) is 12.1 Å². The number of benzene rings is 2. The standard InChI is InChI=1S/C10H11ClO.C7H9NO2S/c11-8-4-7-10(12)9-5-2-1-3-6-9;1-6-2-4-7(5-3-6)11(8,9)10/h1-3,5-6H,4,7-8H2;2-5H,1H3,(H2,8,9,10). The molecule has 23 heavy (non-hydrogen) atoms. The molecular weight excluding hydrogens is 334 g/mol. The zero-order chi connectivity index (χ0) is 17.3. The van der Waals surface area contributed by atoms with Crippen molar-refractivity contribution in [1.29, 1.82) is 0 Å². The Bertz CT molecular complexity index is 713. The third-order valence-corrected chi connectivity index (χ3v) is 4.18. The fourth-order valence-electron chi connectivity index (χ4n) is 1.72. The lowest BCUT2D eigenvalue weighted by molar-refractivity contribution is 0.0982. The molecule has 2 aromatic carbocycles. The SMILES string of the molecule is Cc1ccc(S(N)(=O)=O)cc1.O=C(CCCCl)c1ccccc1. The van der Waals surface area contributed by atoms with Gasteiger partial charge in [0.05, 0.1) is 4.90 Å². The Morgan fingerprint density at radius 1 is 1.04 bits per heavy atom. The summed E-state index contributed by atoms with van der Waals surface area (Å²) in [5.41, 5.74) is 1.79. The smallest absolute Gasteiger partial charge is 0.238 e. The molecule has 0 amide bonds. The molecule has 0 saturated heterocycles. The fraction of sp³-hybridized carbons (Fsp3) is 0.235. The maximum Gasteiger partial charge on any atom is 0.238 e. The maximum atomic E-state index is 11.3. The van der Waals surface area contributed by atoms with Gasteiger partial charge in [0.25, 0.3) is 0 Å². The third-order valence-electron chi connectivity index (χ3n) is 2.98. The molecule has 0 unspecified atom stereocenters. The summed E-state index contributed by atoms with van der Waals surface area (Å²) in [5.74, 6) is 0.731. The van der Waals surface area contributed by atoms with Gasteiger partial charge in [0.2, 0.25) is 10.0 Å². The highest BCUT2D eigenvalue weighted by Crippen LogP contribution is 2.07. The minimum absolute atomic E-state index is 0.156. The van der Waals surface area contributed by atoms with Gasteiger partial charge in [-0.25, -0.2) is 13.6 Å². The second-order valence-corrected chi connectivity index (χ2v) is 6.88. The quantitative estimate of drug-likeness (QED) is 0.659. The fourth-order valence-corrected chi connectivity index (χ4v) is 2.37. The number of primary sulfonamides is 1. The molecule has 0 heterocycles. The number of carbonyl (C=O) groups excluding carboxylic acids is 1. The highest BCUT2D eigenvalue weighted by Gasteiger charge is 2.05. The molecule has 0 aliphatic heterocycles. The van der Waals surface area contributed by atoms with E-state index in [0.717, 1.165) is 17.5 Å². The van der Waals surface area contributed by atoms with Gasteiger partial charge in [0, 0.05) is 17.9 Å². The normalized spacial score (nSPS) is 10.6. The topological polar surface area (TPSA) is 77.2 Å². The van der Waals surface area contributed by atoms with Crippen LogP contribution in [0.1, 0.15) is 28.8 Å². The maximum absolute atomic E-state index is 11.3. The first-order valence-corrected chi connectivity index (χ1v) is 9.16. The Balaban J connectivity index is 0.000000231. The van der Waals surface area contributed by atoms with Crippen molar-refractivity contribution >= 4 is 27.4 Å².